The first kappa shape index (κ1) is 20.9. The zero-order chi connectivity index (χ0) is 19.8. The highest BCUT2D eigenvalue weighted by atomic mass is 35.5. The van der Waals surface area contributed by atoms with Crippen LogP contribution in [0.4, 0.5) is 5.69 Å². The third-order valence-electron chi connectivity index (χ3n) is 5.15. The molecule has 2 N–H and O–H groups in total. The van der Waals surface area contributed by atoms with E-state index < -0.39 is 0 Å². The molecule has 0 bridgehead atoms. The number of anilines is 1. The molecule has 2 aromatic carbocycles. The van der Waals surface area contributed by atoms with Gasteiger partial charge in [0.15, 0.2) is 6.07 Å². The number of aromatic nitrogens is 2. The number of benzene rings is 2. The summed E-state index contributed by atoms with van der Waals surface area (Å²) in [5.41, 5.74) is 7.16. The Morgan fingerprint density at radius 3 is 2.31 bits per heavy atom. The van der Waals surface area contributed by atoms with Crippen molar-refractivity contribution in [2.24, 2.45) is 5.73 Å². The number of nitrogens with two attached hydrogens (primary N) is 1. The molecular formula is C20H19Cl2N5O2. The molecule has 0 spiro atoms. The number of fused-ring (bicyclic) bond motifs is 1. The minimum atomic E-state index is -0.263. The number of rotatable bonds is 2. The first-order valence-corrected chi connectivity index (χ1v) is 9.37. The quantitative estimate of drug-likeness (QED) is 0.495. The molecule has 1 aromatic heterocycles. The highest BCUT2D eigenvalue weighted by Gasteiger charge is 2.31. The molecule has 4 rings (SSSR count). The highest BCUT2D eigenvalue weighted by molar-refractivity contribution is 6.34. The molecule has 1 aliphatic heterocycles. The smallest absolute Gasteiger partial charge is 0.369 e. The van der Waals surface area contributed by atoms with Gasteiger partial charge in [0.25, 0.3) is 11.0 Å². The highest BCUT2D eigenvalue weighted by Crippen LogP contribution is 2.32. The molecule has 150 valence electrons. The van der Waals surface area contributed by atoms with Crippen LogP contribution in [0.3, 0.4) is 0 Å². The molecule has 0 amide bonds. The molecule has 2 heterocycles. The lowest BCUT2D eigenvalue weighted by molar-refractivity contribution is -0.622. The van der Waals surface area contributed by atoms with Crippen molar-refractivity contribution in [1.29, 1.82) is 5.26 Å². The Balaban J connectivity index is 0.00000240. The number of nitriles is 1. The molecule has 0 unspecified atom stereocenters. The summed E-state index contributed by atoms with van der Waals surface area (Å²) in [5.74, 6) is 0. The summed E-state index contributed by atoms with van der Waals surface area (Å²) in [4.78, 5) is 2.07. The largest absolute Gasteiger partial charge is 0.617 e. The van der Waals surface area contributed by atoms with E-state index in [0.717, 1.165) is 25.9 Å². The Kier molecular flexibility index (Phi) is 5.99. The predicted molar refractivity (Wildman–Crippen MR) is 114 cm³/mol. The van der Waals surface area contributed by atoms with Gasteiger partial charge in [0.05, 0.1) is 16.3 Å². The summed E-state index contributed by atoms with van der Waals surface area (Å²) in [6.45, 7) is 1.45. The number of hydrogen-bond donors (Lipinski definition) is 1. The minimum Gasteiger partial charge on any atom is -0.617 e. The van der Waals surface area contributed by atoms with Crippen molar-refractivity contribution in [3.05, 3.63) is 63.6 Å². The molecular weight excluding hydrogens is 413 g/mol. The van der Waals surface area contributed by atoms with E-state index in [0.29, 0.717) is 25.7 Å². The lowest BCUT2D eigenvalue weighted by atomic mass is 10.0. The van der Waals surface area contributed by atoms with Gasteiger partial charge < -0.3 is 21.0 Å². The summed E-state index contributed by atoms with van der Waals surface area (Å²) < 4.78 is 1.13. The normalized spacial score (nSPS) is 14.4. The molecule has 1 saturated heterocycles. The first-order chi connectivity index (χ1) is 13.5. The molecule has 0 radical (unpaired) electrons. The molecule has 3 aromatic rings. The topological polar surface area (TPSA) is 107 Å². The van der Waals surface area contributed by atoms with Crippen LogP contribution in [0.2, 0.25) is 5.02 Å². The lowest BCUT2D eigenvalue weighted by Gasteiger charge is -2.32. The third kappa shape index (κ3) is 3.62. The maximum atomic E-state index is 13.2. The summed E-state index contributed by atoms with van der Waals surface area (Å²) in [6.07, 6.45) is 1.66. The minimum absolute atomic E-state index is 0. The van der Waals surface area contributed by atoms with Crippen LogP contribution in [0.25, 0.3) is 22.3 Å². The fourth-order valence-electron chi connectivity index (χ4n) is 3.63. The van der Waals surface area contributed by atoms with Crippen LogP contribution in [0, 0.1) is 21.7 Å². The molecule has 0 saturated carbocycles. The molecule has 1 aliphatic rings. The van der Waals surface area contributed by atoms with Crippen molar-refractivity contribution >= 4 is 40.7 Å². The molecule has 9 heteroatoms. The Labute approximate surface area is 179 Å². The van der Waals surface area contributed by atoms with E-state index in [2.05, 4.69) is 4.90 Å². The Bertz CT molecular complexity index is 1090. The number of piperidine rings is 1. The van der Waals surface area contributed by atoms with E-state index in [9.17, 15) is 15.7 Å². The molecule has 0 aliphatic carbocycles. The van der Waals surface area contributed by atoms with Crippen LogP contribution >= 0.6 is 24.0 Å². The van der Waals surface area contributed by atoms with Crippen LogP contribution in [0.15, 0.2) is 42.5 Å². The van der Waals surface area contributed by atoms with Crippen molar-refractivity contribution in [3.63, 3.8) is 0 Å². The van der Waals surface area contributed by atoms with Gasteiger partial charge in [0, 0.05) is 31.3 Å². The van der Waals surface area contributed by atoms with E-state index in [1.54, 1.807) is 36.4 Å². The Hall–Kier alpha value is -2.79. The van der Waals surface area contributed by atoms with Gasteiger partial charge in [-0.05, 0) is 25.0 Å². The maximum absolute atomic E-state index is 13.2. The van der Waals surface area contributed by atoms with Gasteiger partial charge in [0.2, 0.25) is 0 Å². The van der Waals surface area contributed by atoms with Crippen molar-refractivity contribution in [3.8, 4) is 17.3 Å². The lowest BCUT2D eigenvalue weighted by Crippen LogP contribution is -2.44. The maximum Gasteiger partial charge on any atom is 0.369 e. The zero-order valence-corrected chi connectivity index (χ0v) is 17.0. The van der Waals surface area contributed by atoms with Gasteiger partial charge in [-0.2, -0.15) is 9.99 Å². The van der Waals surface area contributed by atoms with Crippen molar-refractivity contribution < 1.29 is 9.46 Å². The molecule has 1 fully saturated rings. The van der Waals surface area contributed by atoms with Crippen molar-refractivity contribution in [1.82, 2.24) is 0 Å². The second-order valence-electron chi connectivity index (χ2n) is 6.88. The van der Waals surface area contributed by atoms with Crippen LogP contribution in [-0.2, 0) is 0 Å². The number of hydrogen-bond acceptors (Lipinski definition) is 5. The van der Waals surface area contributed by atoms with Crippen LogP contribution < -0.4 is 20.1 Å². The van der Waals surface area contributed by atoms with Gasteiger partial charge in [0.1, 0.15) is 0 Å². The summed E-state index contributed by atoms with van der Waals surface area (Å²) in [6, 6.07) is 13.8. The van der Waals surface area contributed by atoms with Gasteiger partial charge in [-0.25, -0.2) is 0 Å². The molecule has 29 heavy (non-hydrogen) atoms. The van der Waals surface area contributed by atoms with Crippen LogP contribution in [-0.4, -0.2) is 19.1 Å². The van der Waals surface area contributed by atoms with Gasteiger partial charge in [-0.1, -0.05) is 29.8 Å². The van der Waals surface area contributed by atoms with Gasteiger partial charge in [-0.3, -0.25) is 0 Å². The van der Waals surface area contributed by atoms with Gasteiger partial charge >= 0.3 is 11.4 Å². The average Bonchev–Trinajstić information content (AvgIpc) is 2.71. The monoisotopic (exact) mass is 431 g/mol. The number of nitrogens with zero attached hydrogens (tertiary/aromatic N) is 4. The van der Waals surface area contributed by atoms with Gasteiger partial charge in [-0.15, -0.1) is 17.1 Å². The van der Waals surface area contributed by atoms with Crippen LogP contribution in [0.5, 0.6) is 0 Å². The van der Waals surface area contributed by atoms with E-state index >= 15 is 0 Å². The summed E-state index contributed by atoms with van der Waals surface area (Å²) in [5, 5.41) is 35.9. The molecule has 7 nitrogen and oxygen atoms in total. The predicted octanol–water partition coefficient (Wildman–Crippen LogP) is 2.65. The third-order valence-corrected chi connectivity index (χ3v) is 5.45. The van der Waals surface area contributed by atoms with Crippen molar-refractivity contribution in [2.75, 3.05) is 18.0 Å². The Morgan fingerprint density at radius 2 is 1.69 bits per heavy atom. The zero-order valence-electron chi connectivity index (χ0n) is 15.4. The van der Waals surface area contributed by atoms with E-state index in [4.69, 9.17) is 17.3 Å². The van der Waals surface area contributed by atoms with E-state index in [-0.39, 0.29) is 40.9 Å². The van der Waals surface area contributed by atoms with Crippen molar-refractivity contribution in [2.45, 2.75) is 18.9 Å². The fourth-order valence-corrected chi connectivity index (χ4v) is 3.91. The van der Waals surface area contributed by atoms with E-state index in [1.165, 1.54) is 6.07 Å². The standard InChI is InChI=1S/C20H18ClN5O2.ClH/c21-15-10-17-18(11-16(15)24-8-6-14(23)7-9-24)26(28)20(19(12-22)25(17)27)13-4-2-1-3-5-13;/h1-5,10-11,14H,6-9,23H2;1H. The second kappa shape index (κ2) is 8.29. The van der Waals surface area contributed by atoms with Crippen LogP contribution in [0.1, 0.15) is 18.5 Å². The van der Waals surface area contributed by atoms with E-state index in [1.807, 2.05) is 6.07 Å². The molecule has 0 atom stereocenters. The summed E-state index contributed by atoms with van der Waals surface area (Å²) in [7, 11) is 0. The first-order valence-electron chi connectivity index (χ1n) is 8.99. The summed E-state index contributed by atoms with van der Waals surface area (Å²) >= 11 is 6.43. The fraction of sp³-hybridized carbons (Fsp3) is 0.250. The second-order valence-corrected chi connectivity index (χ2v) is 7.29. The Morgan fingerprint density at radius 1 is 1.07 bits per heavy atom. The average molecular weight is 432 g/mol. The number of halogens is 2. The SMILES string of the molecule is Cl.N#Cc1c(-c2ccccc2)[n+]([O-])c2cc(N3CCC(N)CC3)c(Cl)cc2[n+]1[O-].